The van der Waals surface area contributed by atoms with Gasteiger partial charge in [-0.15, -0.1) is 0 Å². The van der Waals surface area contributed by atoms with E-state index in [1.54, 1.807) is 0 Å². The van der Waals surface area contributed by atoms with Gasteiger partial charge in [0.1, 0.15) is 0 Å². The molecule has 0 aliphatic rings. The molecule has 0 spiro atoms. The number of hydrogen-bond donors (Lipinski definition) is 1. The summed E-state index contributed by atoms with van der Waals surface area (Å²) < 4.78 is 25.0. The Labute approximate surface area is 87.1 Å². The van der Waals surface area contributed by atoms with Gasteiger partial charge in [0.15, 0.2) is 0 Å². The van der Waals surface area contributed by atoms with Crippen molar-refractivity contribution >= 4 is 15.7 Å². The second kappa shape index (κ2) is 3.95. The predicted molar refractivity (Wildman–Crippen MR) is 54.1 cm³/mol. The van der Waals surface area contributed by atoms with Crippen molar-refractivity contribution < 1.29 is 13.3 Å². The van der Waals surface area contributed by atoms with Crippen LogP contribution in [0.4, 0.5) is 5.69 Å². The molecule has 0 radical (unpaired) electrons. The number of nitrogens with one attached hydrogen (secondary N) is 1. The molecule has 1 aromatic rings. The minimum atomic E-state index is -3.64. The van der Waals surface area contributed by atoms with Crippen LogP contribution in [-0.2, 0) is 10.0 Å². The third kappa shape index (κ3) is 2.13. The normalized spacial score (nSPS) is 11.3. The molecule has 6 nitrogen and oxygen atoms in total. The SMILES string of the molecule is CNS(=O)(=O)c1cccc([N+](=O)[O-])c1C. The molecule has 1 N–H and O–H groups in total. The molecule has 0 amide bonds. The van der Waals surface area contributed by atoms with Crippen molar-refractivity contribution in [3.05, 3.63) is 33.9 Å². The summed E-state index contributed by atoms with van der Waals surface area (Å²) in [6.45, 7) is 1.41. The highest BCUT2D eigenvalue weighted by atomic mass is 32.2. The monoisotopic (exact) mass is 230 g/mol. The fourth-order valence-electron chi connectivity index (χ4n) is 1.20. The van der Waals surface area contributed by atoms with Crippen molar-refractivity contribution in [2.75, 3.05) is 7.05 Å². The minimum absolute atomic E-state index is 0.0702. The molecule has 7 heteroatoms. The highest BCUT2D eigenvalue weighted by Gasteiger charge is 2.21. The molecular weight excluding hydrogens is 220 g/mol. The standard InChI is InChI=1S/C8H10N2O4S/c1-6-7(10(11)12)4-3-5-8(6)15(13,14)9-2/h3-5,9H,1-2H3. The van der Waals surface area contributed by atoms with Gasteiger partial charge in [0.2, 0.25) is 10.0 Å². The van der Waals surface area contributed by atoms with Gasteiger partial charge in [-0.2, -0.15) is 0 Å². The van der Waals surface area contributed by atoms with Crippen molar-refractivity contribution in [1.82, 2.24) is 4.72 Å². The minimum Gasteiger partial charge on any atom is -0.258 e. The molecule has 0 heterocycles. The van der Waals surface area contributed by atoms with Crippen molar-refractivity contribution in [2.24, 2.45) is 0 Å². The molecule has 0 saturated carbocycles. The molecule has 0 fully saturated rings. The van der Waals surface area contributed by atoms with Gasteiger partial charge < -0.3 is 0 Å². The summed E-state index contributed by atoms with van der Waals surface area (Å²) in [7, 11) is -2.38. The lowest BCUT2D eigenvalue weighted by Crippen LogP contribution is -2.19. The Morgan fingerprint density at radius 3 is 2.47 bits per heavy atom. The molecular formula is C8H10N2O4S. The summed E-state index contributed by atoms with van der Waals surface area (Å²) in [5, 5.41) is 10.6. The molecule has 0 aliphatic carbocycles. The van der Waals surface area contributed by atoms with Crippen LogP contribution in [0.1, 0.15) is 5.56 Å². The summed E-state index contributed by atoms with van der Waals surface area (Å²) in [6.07, 6.45) is 0. The van der Waals surface area contributed by atoms with E-state index in [9.17, 15) is 18.5 Å². The Hall–Kier alpha value is -1.47. The Kier molecular flexibility index (Phi) is 3.06. The second-order valence-electron chi connectivity index (χ2n) is 2.86. The van der Waals surface area contributed by atoms with Crippen LogP contribution in [0.3, 0.4) is 0 Å². The van der Waals surface area contributed by atoms with Gasteiger partial charge in [-0.25, -0.2) is 13.1 Å². The lowest BCUT2D eigenvalue weighted by atomic mass is 10.2. The summed E-state index contributed by atoms with van der Waals surface area (Å²) in [6, 6.07) is 3.94. The van der Waals surface area contributed by atoms with Crippen LogP contribution >= 0.6 is 0 Å². The average molecular weight is 230 g/mol. The lowest BCUT2D eigenvalue weighted by Gasteiger charge is -2.05. The van der Waals surface area contributed by atoms with Crippen LogP contribution in [0.2, 0.25) is 0 Å². The van der Waals surface area contributed by atoms with Crippen LogP contribution in [0, 0.1) is 17.0 Å². The summed E-state index contributed by atoms with van der Waals surface area (Å²) in [5.41, 5.74) is -0.0665. The van der Waals surface area contributed by atoms with Gasteiger partial charge in [-0.1, -0.05) is 6.07 Å². The maximum absolute atomic E-state index is 11.5. The molecule has 0 aliphatic heterocycles. The fourth-order valence-corrected chi connectivity index (χ4v) is 2.19. The summed E-state index contributed by atoms with van der Waals surface area (Å²) in [5.74, 6) is 0. The molecule has 0 unspecified atom stereocenters. The maximum Gasteiger partial charge on any atom is 0.273 e. The van der Waals surface area contributed by atoms with Crippen LogP contribution in [0.25, 0.3) is 0 Å². The topological polar surface area (TPSA) is 89.3 Å². The average Bonchev–Trinajstić information content (AvgIpc) is 2.17. The molecule has 1 aromatic carbocycles. The second-order valence-corrected chi connectivity index (χ2v) is 4.72. The Morgan fingerprint density at radius 1 is 1.40 bits per heavy atom. The van der Waals surface area contributed by atoms with Crippen LogP contribution < -0.4 is 4.72 Å². The van der Waals surface area contributed by atoms with Gasteiger partial charge in [-0.05, 0) is 20.0 Å². The summed E-state index contributed by atoms with van der Waals surface area (Å²) in [4.78, 5) is 9.90. The number of nitro benzene ring substituents is 1. The van der Waals surface area contributed by atoms with Gasteiger partial charge in [-0.3, -0.25) is 10.1 Å². The molecule has 0 atom stereocenters. The van der Waals surface area contributed by atoms with Gasteiger partial charge in [0.05, 0.1) is 9.82 Å². The first kappa shape index (κ1) is 11.6. The van der Waals surface area contributed by atoms with Crippen LogP contribution in [-0.4, -0.2) is 20.4 Å². The first-order valence-electron chi connectivity index (χ1n) is 4.07. The lowest BCUT2D eigenvalue weighted by molar-refractivity contribution is -0.385. The van der Waals surface area contributed by atoms with E-state index in [4.69, 9.17) is 0 Å². The first-order valence-corrected chi connectivity index (χ1v) is 5.56. The van der Waals surface area contributed by atoms with Gasteiger partial charge in [0, 0.05) is 11.6 Å². The predicted octanol–water partition coefficient (Wildman–Crippen LogP) is 0.811. The maximum atomic E-state index is 11.5. The van der Waals surface area contributed by atoms with Gasteiger partial charge >= 0.3 is 0 Å². The molecule has 82 valence electrons. The quantitative estimate of drug-likeness (QED) is 0.614. The number of nitro groups is 1. The van der Waals surface area contributed by atoms with E-state index >= 15 is 0 Å². The van der Waals surface area contributed by atoms with Crippen molar-refractivity contribution in [1.29, 1.82) is 0 Å². The summed E-state index contributed by atoms with van der Waals surface area (Å²) >= 11 is 0. The zero-order valence-corrected chi connectivity index (χ0v) is 9.04. The van der Waals surface area contributed by atoms with E-state index in [0.717, 1.165) is 0 Å². The molecule has 0 bridgehead atoms. The van der Waals surface area contributed by atoms with E-state index in [2.05, 4.69) is 4.72 Å². The first-order chi connectivity index (χ1) is 6.90. The van der Waals surface area contributed by atoms with Crippen LogP contribution in [0.15, 0.2) is 23.1 Å². The van der Waals surface area contributed by atoms with Crippen molar-refractivity contribution in [3.8, 4) is 0 Å². The van der Waals surface area contributed by atoms with E-state index in [1.165, 1.54) is 32.2 Å². The smallest absolute Gasteiger partial charge is 0.258 e. The van der Waals surface area contributed by atoms with E-state index in [0.29, 0.717) is 0 Å². The zero-order chi connectivity index (χ0) is 11.6. The third-order valence-corrected chi connectivity index (χ3v) is 3.57. The Balaban J connectivity index is 3.47. The van der Waals surface area contributed by atoms with E-state index in [-0.39, 0.29) is 16.1 Å². The van der Waals surface area contributed by atoms with E-state index < -0.39 is 14.9 Å². The Morgan fingerprint density at radius 2 is 2.00 bits per heavy atom. The molecule has 0 saturated heterocycles. The van der Waals surface area contributed by atoms with Crippen LogP contribution in [0.5, 0.6) is 0 Å². The molecule has 15 heavy (non-hydrogen) atoms. The largest absolute Gasteiger partial charge is 0.273 e. The number of sulfonamides is 1. The van der Waals surface area contributed by atoms with E-state index in [1.807, 2.05) is 0 Å². The third-order valence-electron chi connectivity index (χ3n) is 2.01. The van der Waals surface area contributed by atoms with Crippen molar-refractivity contribution in [2.45, 2.75) is 11.8 Å². The highest BCUT2D eigenvalue weighted by molar-refractivity contribution is 7.89. The van der Waals surface area contributed by atoms with Gasteiger partial charge in [0.25, 0.3) is 5.69 Å². The number of hydrogen-bond acceptors (Lipinski definition) is 4. The number of nitrogens with zero attached hydrogens (tertiary/aromatic N) is 1. The Bertz CT molecular complexity index is 495. The number of benzene rings is 1. The zero-order valence-electron chi connectivity index (χ0n) is 8.22. The number of rotatable bonds is 3. The molecule has 0 aromatic heterocycles. The molecule has 1 rings (SSSR count). The fraction of sp³-hybridized carbons (Fsp3) is 0.250. The highest BCUT2D eigenvalue weighted by Crippen LogP contribution is 2.24. The van der Waals surface area contributed by atoms with Crippen molar-refractivity contribution in [3.63, 3.8) is 0 Å².